The zero-order valence-electron chi connectivity index (χ0n) is 14.4. The van der Waals surface area contributed by atoms with Crippen LogP contribution in [-0.4, -0.2) is 27.3 Å². The van der Waals surface area contributed by atoms with Crippen LogP contribution in [0.1, 0.15) is 41.6 Å². The van der Waals surface area contributed by atoms with E-state index in [9.17, 15) is 4.79 Å². The average molecular weight is 337 g/mol. The van der Waals surface area contributed by atoms with Crippen LogP contribution in [-0.2, 0) is 35.7 Å². The second kappa shape index (κ2) is 7.31. The van der Waals surface area contributed by atoms with Gasteiger partial charge in [0.1, 0.15) is 0 Å². The molecule has 5 nitrogen and oxygen atoms in total. The van der Waals surface area contributed by atoms with Crippen LogP contribution in [0.3, 0.4) is 0 Å². The number of carbonyl (C=O) groups excluding carboxylic acids is 1. The summed E-state index contributed by atoms with van der Waals surface area (Å²) in [5.74, 6) is 0.934. The molecule has 25 heavy (non-hydrogen) atoms. The molecule has 1 amide bonds. The van der Waals surface area contributed by atoms with E-state index in [1.807, 2.05) is 35.5 Å². The maximum Gasteiger partial charge on any atom is 0.223 e. The topological polar surface area (TPSA) is 55.3 Å². The van der Waals surface area contributed by atoms with Crippen LogP contribution in [0.15, 0.2) is 36.8 Å². The van der Waals surface area contributed by atoms with E-state index in [2.05, 4.69) is 9.97 Å². The maximum absolute atomic E-state index is 12.3. The fraction of sp³-hybridized carbons (Fsp3) is 0.450. The molecule has 0 radical (unpaired) electrons. The summed E-state index contributed by atoms with van der Waals surface area (Å²) in [7, 11) is 0. The molecule has 2 aromatic heterocycles. The quantitative estimate of drug-likeness (QED) is 0.813. The molecule has 3 heterocycles. The van der Waals surface area contributed by atoms with Crippen LogP contribution in [0.5, 0.6) is 0 Å². The summed E-state index contributed by atoms with van der Waals surface area (Å²) in [6.45, 7) is 2.51. The number of hydrogen-bond donors (Lipinski definition) is 0. The monoisotopic (exact) mass is 337 g/mol. The van der Waals surface area contributed by atoms with E-state index in [0.29, 0.717) is 31.6 Å². The summed E-state index contributed by atoms with van der Waals surface area (Å²) in [6, 6.07) is 5.82. The maximum atomic E-state index is 12.3. The molecule has 4 rings (SSSR count). The van der Waals surface area contributed by atoms with Crippen molar-refractivity contribution in [2.45, 2.75) is 45.4 Å². The van der Waals surface area contributed by atoms with Crippen molar-refractivity contribution in [3.8, 4) is 0 Å². The van der Waals surface area contributed by atoms with E-state index >= 15 is 0 Å². The van der Waals surface area contributed by atoms with Crippen molar-refractivity contribution in [1.82, 2.24) is 14.9 Å². The van der Waals surface area contributed by atoms with Gasteiger partial charge in [-0.25, -0.2) is 0 Å². The van der Waals surface area contributed by atoms with E-state index in [1.165, 1.54) is 18.4 Å². The normalized spacial score (nSPS) is 16.6. The van der Waals surface area contributed by atoms with Crippen LogP contribution in [0, 0.1) is 5.92 Å². The summed E-state index contributed by atoms with van der Waals surface area (Å²) in [4.78, 5) is 23.0. The van der Waals surface area contributed by atoms with E-state index in [1.54, 1.807) is 6.20 Å². The molecule has 5 heteroatoms. The van der Waals surface area contributed by atoms with Gasteiger partial charge in [-0.1, -0.05) is 6.07 Å². The summed E-state index contributed by atoms with van der Waals surface area (Å²) in [5.41, 5.74) is 4.51. The molecule has 0 N–H and O–H groups in total. The lowest BCUT2D eigenvalue weighted by atomic mass is 9.97. The number of aromatic nitrogens is 2. The lowest BCUT2D eigenvalue weighted by Crippen LogP contribution is -2.36. The summed E-state index contributed by atoms with van der Waals surface area (Å²) >= 11 is 0. The Kier molecular flexibility index (Phi) is 4.74. The minimum absolute atomic E-state index is 0.296. The van der Waals surface area contributed by atoms with Crippen molar-refractivity contribution < 1.29 is 9.53 Å². The third kappa shape index (κ3) is 4.04. The van der Waals surface area contributed by atoms with E-state index in [0.717, 1.165) is 36.2 Å². The van der Waals surface area contributed by atoms with Crippen LogP contribution in [0.2, 0.25) is 0 Å². The molecular formula is C20H23N3O2. The summed E-state index contributed by atoms with van der Waals surface area (Å²) < 4.78 is 5.82. The predicted molar refractivity (Wildman–Crippen MR) is 93.4 cm³/mol. The molecule has 2 aliphatic rings. The highest BCUT2D eigenvalue weighted by atomic mass is 16.5. The Morgan fingerprint density at radius 1 is 1.24 bits per heavy atom. The minimum Gasteiger partial charge on any atom is -0.370 e. The first-order chi connectivity index (χ1) is 12.3. The highest BCUT2D eigenvalue weighted by Gasteiger charge is 2.29. The van der Waals surface area contributed by atoms with Crippen molar-refractivity contribution in [1.29, 1.82) is 0 Å². The second-order valence-corrected chi connectivity index (χ2v) is 6.96. The van der Waals surface area contributed by atoms with Crippen molar-refractivity contribution >= 4 is 5.91 Å². The summed E-state index contributed by atoms with van der Waals surface area (Å²) in [6.07, 6.45) is 9.60. The van der Waals surface area contributed by atoms with Crippen LogP contribution in [0.4, 0.5) is 0 Å². The van der Waals surface area contributed by atoms with Crippen LogP contribution in [0.25, 0.3) is 0 Å². The zero-order valence-corrected chi connectivity index (χ0v) is 14.4. The van der Waals surface area contributed by atoms with E-state index < -0.39 is 0 Å². The first kappa shape index (κ1) is 16.2. The highest BCUT2D eigenvalue weighted by molar-refractivity contribution is 5.77. The summed E-state index contributed by atoms with van der Waals surface area (Å²) in [5, 5.41) is 0. The molecule has 1 aliphatic carbocycles. The first-order valence-electron chi connectivity index (χ1n) is 8.99. The number of hydrogen-bond acceptors (Lipinski definition) is 4. The fourth-order valence-electron chi connectivity index (χ4n) is 3.35. The number of pyridine rings is 2. The average Bonchev–Trinajstić information content (AvgIpc) is 3.46. The SMILES string of the molecule is O=C(CC1CC1)N1CCc2c(COCc3ccccn3)cncc2C1. The number of carbonyl (C=O) groups is 1. The smallest absolute Gasteiger partial charge is 0.223 e. The Hall–Kier alpha value is -2.27. The van der Waals surface area contributed by atoms with Gasteiger partial charge in [0.05, 0.1) is 18.9 Å². The van der Waals surface area contributed by atoms with Gasteiger partial charge in [0.15, 0.2) is 0 Å². The van der Waals surface area contributed by atoms with Gasteiger partial charge in [-0.2, -0.15) is 0 Å². The Morgan fingerprint density at radius 2 is 2.16 bits per heavy atom. The van der Waals surface area contributed by atoms with Crippen molar-refractivity contribution in [3.63, 3.8) is 0 Å². The van der Waals surface area contributed by atoms with Crippen molar-refractivity contribution in [3.05, 3.63) is 59.2 Å². The number of fused-ring (bicyclic) bond motifs is 1. The van der Waals surface area contributed by atoms with Gasteiger partial charge in [0.25, 0.3) is 0 Å². The Balaban J connectivity index is 1.37. The van der Waals surface area contributed by atoms with Gasteiger partial charge in [0, 0.05) is 38.1 Å². The number of ether oxygens (including phenoxy) is 1. The molecule has 2 aromatic rings. The Morgan fingerprint density at radius 3 is 2.96 bits per heavy atom. The van der Waals surface area contributed by atoms with Gasteiger partial charge >= 0.3 is 0 Å². The number of amides is 1. The van der Waals surface area contributed by atoms with Gasteiger partial charge in [-0.15, -0.1) is 0 Å². The van der Waals surface area contributed by atoms with Gasteiger partial charge in [-0.3, -0.25) is 14.8 Å². The van der Waals surface area contributed by atoms with Crippen molar-refractivity contribution in [2.75, 3.05) is 6.54 Å². The van der Waals surface area contributed by atoms with Gasteiger partial charge in [0.2, 0.25) is 5.91 Å². The molecule has 0 aromatic carbocycles. The molecule has 0 spiro atoms. The first-order valence-corrected chi connectivity index (χ1v) is 8.99. The van der Waals surface area contributed by atoms with E-state index in [-0.39, 0.29) is 0 Å². The molecule has 130 valence electrons. The van der Waals surface area contributed by atoms with Gasteiger partial charge in [-0.05, 0) is 54.0 Å². The molecule has 1 fully saturated rings. The number of nitrogens with zero attached hydrogens (tertiary/aromatic N) is 3. The largest absolute Gasteiger partial charge is 0.370 e. The van der Waals surface area contributed by atoms with Gasteiger partial charge < -0.3 is 9.64 Å². The lowest BCUT2D eigenvalue weighted by Gasteiger charge is -2.30. The molecule has 0 unspecified atom stereocenters. The second-order valence-electron chi connectivity index (χ2n) is 6.96. The Labute approximate surface area is 148 Å². The van der Waals surface area contributed by atoms with Crippen molar-refractivity contribution in [2.24, 2.45) is 5.92 Å². The molecule has 0 saturated heterocycles. The lowest BCUT2D eigenvalue weighted by molar-refractivity contribution is -0.132. The molecule has 0 bridgehead atoms. The van der Waals surface area contributed by atoms with Crippen LogP contribution >= 0.6 is 0 Å². The molecule has 0 atom stereocenters. The highest BCUT2D eigenvalue weighted by Crippen LogP contribution is 2.33. The van der Waals surface area contributed by atoms with Crippen LogP contribution < -0.4 is 0 Å². The zero-order chi connectivity index (χ0) is 17.1. The third-order valence-corrected chi connectivity index (χ3v) is 4.98. The predicted octanol–water partition coefficient (Wildman–Crippen LogP) is 2.88. The minimum atomic E-state index is 0.296. The molecule has 1 aliphatic heterocycles. The van der Waals surface area contributed by atoms with E-state index in [4.69, 9.17) is 4.74 Å². The number of rotatable bonds is 6. The standard InChI is InChI=1S/C20H23N3O2/c24-20(9-15-4-5-15)23-8-6-19-16(12-23)10-21-11-17(19)13-25-14-18-3-1-2-7-22-18/h1-3,7,10-11,15H,4-6,8-9,12-14H2. The third-order valence-electron chi connectivity index (χ3n) is 4.98. The molecule has 1 saturated carbocycles. The Bertz CT molecular complexity index is 744. The fourth-order valence-corrected chi connectivity index (χ4v) is 3.35. The molecular weight excluding hydrogens is 314 g/mol.